The Balaban J connectivity index is 1.70. The fourth-order valence-corrected chi connectivity index (χ4v) is 2.18. The van der Waals surface area contributed by atoms with Crippen molar-refractivity contribution in [1.82, 2.24) is 5.01 Å². The minimum atomic E-state index is -0.473. The summed E-state index contributed by atoms with van der Waals surface area (Å²) >= 11 is 0. The third-order valence-electron chi connectivity index (χ3n) is 3.36. The molecule has 0 atom stereocenters. The highest BCUT2D eigenvalue weighted by Gasteiger charge is 2.24. The number of carbonyl (C=O) groups excluding carboxylic acids is 1. The number of aliphatic imine (C=N–C) groups is 1. The van der Waals surface area contributed by atoms with E-state index < -0.39 is 10.8 Å². The van der Waals surface area contributed by atoms with Crippen molar-refractivity contribution in [1.29, 1.82) is 0 Å². The summed E-state index contributed by atoms with van der Waals surface area (Å²) < 4.78 is 10.8. The summed E-state index contributed by atoms with van der Waals surface area (Å²) in [4.78, 5) is 25.3. The molecule has 1 aliphatic rings. The minimum absolute atomic E-state index is 0.00315. The molecule has 1 aliphatic heterocycles. The number of hydrazone groups is 1. The highest BCUT2D eigenvalue weighted by molar-refractivity contribution is 5.98. The molecule has 0 fully saturated rings. The Labute approximate surface area is 147 Å². The van der Waals surface area contributed by atoms with Gasteiger partial charge < -0.3 is 14.3 Å². The number of aliphatic hydroxyl groups is 1. The number of furan rings is 1. The highest BCUT2D eigenvalue weighted by atomic mass is 16.6. The van der Waals surface area contributed by atoms with Crippen molar-refractivity contribution in [3.05, 3.63) is 52.3 Å². The fourth-order valence-electron chi connectivity index (χ4n) is 2.18. The van der Waals surface area contributed by atoms with Crippen LogP contribution in [0.3, 0.4) is 0 Å². The molecule has 3 rings (SSSR count). The average Bonchev–Trinajstić information content (AvgIpc) is 3.24. The number of nitro benzene ring substituents is 1. The Morgan fingerprint density at radius 2 is 2.12 bits per heavy atom. The molecule has 2 aromatic rings. The summed E-state index contributed by atoms with van der Waals surface area (Å²) in [7, 11) is 0. The van der Waals surface area contributed by atoms with E-state index in [2.05, 4.69) is 10.1 Å². The lowest BCUT2D eigenvalue weighted by atomic mass is 10.1. The summed E-state index contributed by atoms with van der Waals surface area (Å²) in [5, 5.41) is 24.8. The van der Waals surface area contributed by atoms with Gasteiger partial charge >= 0.3 is 6.02 Å². The van der Waals surface area contributed by atoms with Gasteiger partial charge in [0, 0.05) is 17.7 Å². The van der Waals surface area contributed by atoms with Gasteiger partial charge in [-0.2, -0.15) is 10.1 Å². The van der Waals surface area contributed by atoms with Gasteiger partial charge in [-0.3, -0.25) is 14.9 Å². The maximum absolute atomic E-state index is 11.4. The molecule has 26 heavy (non-hydrogen) atoms. The summed E-state index contributed by atoms with van der Waals surface area (Å²) in [5.41, 5.74) is 0.676. The zero-order valence-corrected chi connectivity index (χ0v) is 13.4. The van der Waals surface area contributed by atoms with Gasteiger partial charge in [-0.15, -0.1) is 0 Å². The van der Waals surface area contributed by atoms with E-state index in [9.17, 15) is 14.9 Å². The quantitative estimate of drug-likeness (QED) is 0.469. The van der Waals surface area contributed by atoms with Crippen LogP contribution in [-0.4, -0.2) is 52.9 Å². The third-order valence-corrected chi connectivity index (χ3v) is 3.36. The van der Waals surface area contributed by atoms with E-state index in [0.29, 0.717) is 17.1 Å². The number of non-ortho nitro benzene ring substituents is 1. The zero-order chi connectivity index (χ0) is 18.5. The van der Waals surface area contributed by atoms with E-state index in [1.54, 1.807) is 24.3 Å². The first kappa shape index (κ1) is 17.3. The first-order valence-corrected chi connectivity index (χ1v) is 7.58. The van der Waals surface area contributed by atoms with Crippen LogP contribution in [0.15, 0.2) is 50.9 Å². The molecule has 134 valence electrons. The van der Waals surface area contributed by atoms with Crippen molar-refractivity contribution in [3.8, 4) is 11.3 Å². The largest absolute Gasteiger partial charge is 0.461 e. The van der Waals surface area contributed by atoms with Crippen LogP contribution in [0.5, 0.6) is 0 Å². The van der Waals surface area contributed by atoms with E-state index >= 15 is 0 Å². The van der Waals surface area contributed by atoms with Crippen molar-refractivity contribution >= 4 is 23.8 Å². The Bertz CT molecular complexity index is 871. The Kier molecular flexibility index (Phi) is 5.04. The predicted octanol–water partition coefficient (Wildman–Crippen LogP) is 1.40. The summed E-state index contributed by atoms with van der Waals surface area (Å²) in [6, 6.07) is 9.35. The number of carbonyl (C=O) groups is 1. The SMILES string of the molecule is O=C1CN(N=Cc2ccc(-c3ccc([N+](=O)[O-])cc3)o2)C(OCCO)=N1. The maximum Gasteiger partial charge on any atom is 0.316 e. The number of hydrogen-bond acceptors (Lipinski definition) is 8. The number of aliphatic hydroxyl groups excluding tert-OH is 1. The molecule has 0 saturated heterocycles. The van der Waals surface area contributed by atoms with E-state index in [4.69, 9.17) is 14.3 Å². The predicted molar refractivity (Wildman–Crippen MR) is 90.6 cm³/mol. The molecule has 0 bridgehead atoms. The number of rotatable bonds is 6. The second-order valence-corrected chi connectivity index (χ2v) is 5.17. The summed E-state index contributed by atoms with van der Waals surface area (Å²) in [5.74, 6) is 0.532. The van der Waals surface area contributed by atoms with Gasteiger partial charge in [0.2, 0.25) is 0 Å². The van der Waals surface area contributed by atoms with E-state index in [1.807, 2.05) is 0 Å². The molecule has 1 aromatic heterocycles. The molecule has 0 spiro atoms. The van der Waals surface area contributed by atoms with Gasteiger partial charge in [-0.25, -0.2) is 5.01 Å². The number of amides is 1. The number of ether oxygens (including phenoxy) is 1. The Morgan fingerprint density at radius 3 is 2.81 bits per heavy atom. The molecular formula is C16H14N4O6. The van der Waals surface area contributed by atoms with Crippen molar-refractivity contribution in [2.24, 2.45) is 10.1 Å². The van der Waals surface area contributed by atoms with Crippen LogP contribution in [0.4, 0.5) is 5.69 Å². The fraction of sp³-hybridized carbons (Fsp3) is 0.188. The number of benzene rings is 1. The van der Waals surface area contributed by atoms with Gasteiger partial charge in [0.05, 0.1) is 17.7 Å². The lowest BCUT2D eigenvalue weighted by molar-refractivity contribution is -0.384. The Hall–Kier alpha value is -3.53. The van der Waals surface area contributed by atoms with Gasteiger partial charge in [0.15, 0.2) is 0 Å². The smallest absolute Gasteiger partial charge is 0.316 e. The molecular weight excluding hydrogens is 344 g/mol. The standard InChI is InChI=1S/C16H14N4O6/c21-7-8-25-16-18-15(22)10-19(16)17-9-13-5-6-14(26-13)11-1-3-12(4-2-11)20(23)24/h1-6,9,21H,7-8,10H2. The van der Waals surface area contributed by atoms with Gasteiger partial charge in [-0.1, -0.05) is 0 Å². The Morgan fingerprint density at radius 1 is 1.35 bits per heavy atom. The molecule has 0 aliphatic carbocycles. The lowest BCUT2D eigenvalue weighted by Gasteiger charge is -2.12. The summed E-state index contributed by atoms with van der Waals surface area (Å²) in [6.07, 6.45) is 1.39. The van der Waals surface area contributed by atoms with Crippen molar-refractivity contribution < 1.29 is 24.0 Å². The van der Waals surface area contributed by atoms with Gasteiger partial charge in [-0.05, 0) is 24.3 Å². The first-order chi connectivity index (χ1) is 12.6. The van der Waals surface area contributed by atoms with Crippen LogP contribution in [0.2, 0.25) is 0 Å². The lowest BCUT2D eigenvalue weighted by Crippen LogP contribution is -2.26. The molecule has 1 aromatic carbocycles. The van der Waals surface area contributed by atoms with Gasteiger partial charge in [0.1, 0.15) is 24.7 Å². The number of nitro groups is 1. The third kappa shape index (κ3) is 3.92. The molecule has 0 unspecified atom stereocenters. The molecule has 1 amide bonds. The molecule has 0 radical (unpaired) electrons. The highest BCUT2D eigenvalue weighted by Crippen LogP contribution is 2.24. The van der Waals surface area contributed by atoms with Crippen molar-refractivity contribution in [2.75, 3.05) is 19.8 Å². The zero-order valence-electron chi connectivity index (χ0n) is 13.4. The molecule has 2 heterocycles. The normalized spacial score (nSPS) is 14.1. The number of hydrogen-bond donors (Lipinski definition) is 1. The van der Waals surface area contributed by atoms with Crippen LogP contribution in [-0.2, 0) is 9.53 Å². The van der Waals surface area contributed by atoms with E-state index in [-0.39, 0.29) is 31.5 Å². The van der Waals surface area contributed by atoms with Crippen molar-refractivity contribution in [3.63, 3.8) is 0 Å². The molecule has 0 saturated carbocycles. The summed E-state index contributed by atoms with van der Waals surface area (Å²) in [6.45, 7) is -0.266. The van der Waals surface area contributed by atoms with Crippen LogP contribution in [0.1, 0.15) is 5.76 Å². The molecule has 10 nitrogen and oxygen atoms in total. The van der Waals surface area contributed by atoms with Crippen LogP contribution >= 0.6 is 0 Å². The van der Waals surface area contributed by atoms with Crippen LogP contribution in [0.25, 0.3) is 11.3 Å². The van der Waals surface area contributed by atoms with Crippen LogP contribution in [0, 0.1) is 10.1 Å². The average molecular weight is 358 g/mol. The van der Waals surface area contributed by atoms with E-state index in [1.165, 1.54) is 23.4 Å². The molecule has 10 heteroatoms. The van der Waals surface area contributed by atoms with Crippen LogP contribution < -0.4 is 0 Å². The van der Waals surface area contributed by atoms with Gasteiger partial charge in [0.25, 0.3) is 11.6 Å². The second-order valence-electron chi connectivity index (χ2n) is 5.17. The maximum atomic E-state index is 11.4. The topological polar surface area (TPSA) is 131 Å². The second kappa shape index (κ2) is 7.57. The molecule has 1 N–H and O–H groups in total. The first-order valence-electron chi connectivity index (χ1n) is 7.58. The number of nitrogens with zero attached hydrogens (tertiary/aromatic N) is 4. The van der Waals surface area contributed by atoms with Crippen molar-refractivity contribution in [2.45, 2.75) is 0 Å². The van der Waals surface area contributed by atoms with E-state index in [0.717, 1.165) is 0 Å². The monoisotopic (exact) mass is 358 g/mol. The number of amidine groups is 1. The minimum Gasteiger partial charge on any atom is -0.461 e.